The van der Waals surface area contributed by atoms with Gasteiger partial charge in [-0.3, -0.25) is 14.8 Å². The minimum absolute atomic E-state index is 0.0282. The fraction of sp³-hybridized carbons (Fsp3) is 0. The number of rotatable bonds is 5. The van der Waals surface area contributed by atoms with Crippen molar-refractivity contribution in [3.8, 4) is 0 Å². The first kappa shape index (κ1) is 18.9. The third kappa shape index (κ3) is 4.05. The zero-order valence-electron chi connectivity index (χ0n) is 14.8. The maximum Gasteiger partial charge on any atom is 0.261 e. The van der Waals surface area contributed by atoms with Gasteiger partial charge in [-0.05, 0) is 48.5 Å². The number of halogens is 1. The molecular formula is C19H14ClN5O3S. The molecule has 0 fully saturated rings. The smallest absolute Gasteiger partial charge is 0.261 e. The largest absolute Gasteiger partial charge is 0.322 e. The van der Waals surface area contributed by atoms with Crippen LogP contribution in [0.5, 0.6) is 0 Å². The normalized spacial score (nSPS) is 11.3. The number of sulfonamides is 1. The molecule has 0 bridgehead atoms. The number of benzene rings is 2. The quantitative estimate of drug-likeness (QED) is 0.449. The van der Waals surface area contributed by atoms with Crippen LogP contribution >= 0.6 is 11.6 Å². The number of H-pyrrole nitrogens is 1. The van der Waals surface area contributed by atoms with Crippen LogP contribution in [0, 0.1) is 0 Å². The SMILES string of the molecule is O=C(Nc1nc2ncccc2[nH]1)c1ccccc1NS(=O)(=O)c1ccc(Cl)cc1. The summed E-state index contributed by atoms with van der Waals surface area (Å²) in [4.78, 5) is 24.0. The fourth-order valence-corrected chi connectivity index (χ4v) is 3.87. The minimum Gasteiger partial charge on any atom is -0.322 e. The minimum atomic E-state index is -3.90. The molecule has 0 radical (unpaired) electrons. The molecule has 0 saturated heterocycles. The number of carbonyl (C=O) groups excluding carboxylic acids is 1. The van der Waals surface area contributed by atoms with Gasteiger partial charge in [-0.15, -0.1) is 0 Å². The Kier molecular flexibility index (Phi) is 4.91. The number of aromatic nitrogens is 3. The number of anilines is 2. The molecule has 3 N–H and O–H groups in total. The average Bonchev–Trinajstić information content (AvgIpc) is 3.10. The highest BCUT2D eigenvalue weighted by Crippen LogP contribution is 2.22. The van der Waals surface area contributed by atoms with Crippen LogP contribution in [-0.4, -0.2) is 29.3 Å². The molecule has 1 amide bonds. The molecule has 2 heterocycles. The van der Waals surface area contributed by atoms with Crippen LogP contribution in [0.4, 0.5) is 11.6 Å². The zero-order chi connectivity index (χ0) is 20.4. The van der Waals surface area contributed by atoms with Crippen molar-refractivity contribution in [3.05, 3.63) is 77.4 Å². The van der Waals surface area contributed by atoms with Gasteiger partial charge in [0.05, 0.1) is 21.7 Å². The van der Waals surface area contributed by atoms with Gasteiger partial charge in [0.25, 0.3) is 15.9 Å². The third-order valence-corrected chi connectivity index (χ3v) is 5.66. The number of aromatic amines is 1. The highest BCUT2D eigenvalue weighted by Gasteiger charge is 2.19. The summed E-state index contributed by atoms with van der Waals surface area (Å²) in [5.74, 6) is -0.322. The summed E-state index contributed by atoms with van der Waals surface area (Å²) in [7, 11) is -3.90. The van der Waals surface area contributed by atoms with E-state index in [0.717, 1.165) is 0 Å². The number of para-hydroxylation sites is 1. The molecular weight excluding hydrogens is 414 g/mol. The standard InChI is InChI=1S/C19H14ClN5O3S/c20-12-7-9-13(10-8-12)29(27,28)25-15-5-2-1-4-14(15)18(26)24-19-22-16-6-3-11-21-17(16)23-19/h1-11,25H,(H2,21,22,23,24,26). The van der Waals surface area contributed by atoms with Crippen LogP contribution in [0.2, 0.25) is 5.02 Å². The summed E-state index contributed by atoms with van der Waals surface area (Å²) >= 11 is 5.81. The fourth-order valence-electron chi connectivity index (χ4n) is 2.67. The molecule has 0 unspecified atom stereocenters. The molecule has 0 spiro atoms. The molecule has 10 heteroatoms. The molecule has 0 aliphatic carbocycles. The average molecular weight is 428 g/mol. The molecule has 0 atom stereocenters. The van der Waals surface area contributed by atoms with E-state index in [1.807, 2.05) is 0 Å². The van der Waals surface area contributed by atoms with E-state index in [2.05, 4.69) is 25.0 Å². The third-order valence-electron chi connectivity index (χ3n) is 4.03. The molecule has 4 rings (SSSR count). The Morgan fingerprint density at radius 1 is 1.00 bits per heavy atom. The van der Waals surface area contributed by atoms with Gasteiger partial charge < -0.3 is 4.98 Å². The van der Waals surface area contributed by atoms with Gasteiger partial charge in [-0.2, -0.15) is 4.98 Å². The predicted molar refractivity (Wildman–Crippen MR) is 111 cm³/mol. The molecule has 2 aromatic heterocycles. The molecule has 0 saturated carbocycles. The van der Waals surface area contributed by atoms with E-state index >= 15 is 0 Å². The topological polar surface area (TPSA) is 117 Å². The Hall–Kier alpha value is -3.43. The van der Waals surface area contributed by atoms with Gasteiger partial charge in [-0.1, -0.05) is 23.7 Å². The van der Waals surface area contributed by atoms with Gasteiger partial charge in [0.15, 0.2) is 5.65 Å². The lowest BCUT2D eigenvalue weighted by Crippen LogP contribution is -2.19. The Balaban J connectivity index is 1.60. The lowest BCUT2D eigenvalue weighted by molar-refractivity contribution is 0.102. The lowest BCUT2D eigenvalue weighted by atomic mass is 10.2. The zero-order valence-corrected chi connectivity index (χ0v) is 16.3. The van der Waals surface area contributed by atoms with Crippen molar-refractivity contribution in [2.75, 3.05) is 10.0 Å². The maximum absolute atomic E-state index is 12.7. The Labute approximate surface area is 171 Å². The number of pyridine rings is 1. The summed E-state index contributed by atoms with van der Waals surface area (Å²) < 4.78 is 27.7. The second kappa shape index (κ2) is 7.53. The first-order chi connectivity index (χ1) is 13.9. The Morgan fingerprint density at radius 2 is 1.76 bits per heavy atom. The number of fused-ring (bicyclic) bond motifs is 1. The van der Waals surface area contributed by atoms with Gasteiger partial charge in [0.1, 0.15) is 0 Å². The molecule has 2 aromatic carbocycles. The van der Waals surface area contributed by atoms with E-state index in [1.165, 1.54) is 36.4 Å². The van der Waals surface area contributed by atoms with E-state index < -0.39 is 15.9 Å². The molecule has 0 aliphatic rings. The van der Waals surface area contributed by atoms with Crippen molar-refractivity contribution in [1.82, 2.24) is 15.0 Å². The van der Waals surface area contributed by atoms with Crippen LogP contribution in [-0.2, 0) is 10.0 Å². The van der Waals surface area contributed by atoms with E-state index in [4.69, 9.17) is 11.6 Å². The Bertz CT molecular complexity index is 1270. The van der Waals surface area contributed by atoms with Gasteiger partial charge in [0.2, 0.25) is 5.95 Å². The summed E-state index contributed by atoms with van der Waals surface area (Å²) in [5, 5.41) is 3.04. The van der Waals surface area contributed by atoms with Crippen LogP contribution in [0.3, 0.4) is 0 Å². The van der Waals surface area contributed by atoms with E-state index in [-0.39, 0.29) is 22.1 Å². The van der Waals surface area contributed by atoms with E-state index in [9.17, 15) is 13.2 Å². The summed E-state index contributed by atoms with van der Waals surface area (Å²) in [6.45, 7) is 0. The molecule has 146 valence electrons. The van der Waals surface area contributed by atoms with Crippen molar-refractivity contribution in [2.24, 2.45) is 0 Å². The summed E-state index contributed by atoms with van der Waals surface area (Å²) in [5.41, 5.74) is 1.40. The van der Waals surface area contributed by atoms with Gasteiger partial charge in [0, 0.05) is 11.2 Å². The molecule has 4 aromatic rings. The summed E-state index contributed by atoms with van der Waals surface area (Å²) in [6.07, 6.45) is 1.59. The number of hydrogen-bond acceptors (Lipinski definition) is 5. The predicted octanol–water partition coefficient (Wildman–Crippen LogP) is 3.66. The number of imidazole rings is 1. The first-order valence-electron chi connectivity index (χ1n) is 8.42. The second-order valence-corrected chi connectivity index (χ2v) is 8.14. The Morgan fingerprint density at radius 3 is 2.52 bits per heavy atom. The van der Waals surface area contributed by atoms with E-state index in [0.29, 0.717) is 16.2 Å². The van der Waals surface area contributed by atoms with Crippen LogP contribution in [0.15, 0.2) is 71.8 Å². The second-order valence-electron chi connectivity index (χ2n) is 6.02. The first-order valence-corrected chi connectivity index (χ1v) is 10.3. The molecule has 8 nitrogen and oxygen atoms in total. The highest BCUT2D eigenvalue weighted by atomic mass is 35.5. The van der Waals surface area contributed by atoms with Crippen molar-refractivity contribution >= 4 is 50.3 Å². The number of carbonyl (C=O) groups is 1. The maximum atomic E-state index is 12.7. The van der Waals surface area contributed by atoms with Gasteiger partial charge >= 0.3 is 0 Å². The van der Waals surface area contributed by atoms with Crippen LogP contribution < -0.4 is 10.0 Å². The highest BCUT2D eigenvalue weighted by molar-refractivity contribution is 7.92. The number of nitrogens with one attached hydrogen (secondary N) is 3. The van der Waals surface area contributed by atoms with Crippen molar-refractivity contribution in [1.29, 1.82) is 0 Å². The monoisotopic (exact) mass is 427 g/mol. The molecule has 29 heavy (non-hydrogen) atoms. The lowest BCUT2D eigenvalue weighted by Gasteiger charge is -2.12. The van der Waals surface area contributed by atoms with Gasteiger partial charge in [-0.25, -0.2) is 13.4 Å². The number of amides is 1. The number of hydrogen-bond donors (Lipinski definition) is 3. The molecule has 0 aliphatic heterocycles. The number of nitrogens with zero attached hydrogens (tertiary/aromatic N) is 2. The van der Waals surface area contributed by atoms with Crippen molar-refractivity contribution in [2.45, 2.75) is 4.90 Å². The summed E-state index contributed by atoms with van der Waals surface area (Å²) in [6, 6.07) is 15.5. The van der Waals surface area contributed by atoms with Crippen molar-refractivity contribution < 1.29 is 13.2 Å². The van der Waals surface area contributed by atoms with E-state index in [1.54, 1.807) is 30.5 Å². The van der Waals surface area contributed by atoms with Crippen LogP contribution in [0.1, 0.15) is 10.4 Å². The van der Waals surface area contributed by atoms with Crippen LogP contribution in [0.25, 0.3) is 11.2 Å². The van der Waals surface area contributed by atoms with Crippen molar-refractivity contribution in [3.63, 3.8) is 0 Å².